The Hall–Kier alpha value is -4.01. The number of amides is 1. The van der Waals surface area contributed by atoms with Gasteiger partial charge in [0.25, 0.3) is 11.7 Å². The van der Waals surface area contributed by atoms with Gasteiger partial charge >= 0.3 is 0 Å². The fourth-order valence-electron chi connectivity index (χ4n) is 3.81. The van der Waals surface area contributed by atoms with Gasteiger partial charge in [0.1, 0.15) is 5.76 Å². The zero-order valence-corrected chi connectivity index (χ0v) is 17.3. The Kier molecular flexibility index (Phi) is 5.98. The molecular formula is C23H21FN4O4. The maximum Gasteiger partial charge on any atom is 0.295 e. The standard InChI is InChI=1S/C23H21FN4O4/c1-32-18-4-3-16(13-17(18)24)21(29)19-20(15-5-7-25-8-6-15)28(23(31)22(19)30)11-2-10-27-12-9-26-14-27/h3-9,12-14,20,29H,2,10-11H2,1H3/b21-19-. The lowest BCUT2D eigenvalue weighted by atomic mass is 9.96. The molecule has 0 spiro atoms. The van der Waals surface area contributed by atoms with Gasteiger partial charge in [-0.2, -0.15) is 0 Å². The average Bonchev–Trinajstić information content (AvgIpc) is 3.41. The molecule has 0 radical (unpaired) electrons. The van der Waals surface area contributed by atoms with Crippen molar-refractivity contribution in [3.05, 3.63) is 84.0 Å². The van der Waals surface area contributed by atoms with E-state index >= 15 is 0 Å². The lowest BCUT2D eigenvalue weighted by molar-refractivity contribution is -0.139. The molecule has 0 saturated carbocycles. The van der Waals surface area contributed by atoms with E-state index in [0.29, 0.717) is 18.5 Å². The van der Waals surface area contributed by atoms with Crippen LogP contribution in [0.25, 0.3) is 5.76 Å². The maximum absolute atomic E-state index is 14.2. The predicted octanol–water partition coefficient (Wildman–Crippen LogP) is 2.94. The highest BCUT2D eigenvalue weighted by atomic mass is 19.1. The van der Waals surface area contributed by atoms with Crippen LogP contribution < -0.4 is 4.74 Å². The van der Waals surface area contributed by atoms with Gasteiger partial charge in [0.2, 0.25) is 0 Å². The Balaban J connectivity index is 1.72. The monoisotopic (exact) mass is 436 g/mol. The van der Waals surface area contributed by atoms with E-state index in [1.54, 1.807) is 37.1 Å². The molecule has 1 saturated heterocycles. The van der Waals surface area contributed by atoms with Crippen LogP contribution in [-0.2, 0) is 16.1 Å². The van der Waals surface area contributed by atoms with E-state index in [2.05, 4.69) is 9.97 Å². The zero-order chi connectivity index (χ0) is 22.7. The van der Waals surface area contributed by atoms with Crippen molar-refractivity contribution in [1.82, 2.24) is 19.4 Å². The number of Topliss-reactive ketones (excluding diaryl/α,β-unsaturated/α-hetero) is 1. The van der Waals surface area contributed by atoms with Gasteiger partial charge in [-0.3, -0.25) is 14.6 Å². The van der Waals surface area contributed by atoms with Crippen molar-refractivity contribution in [1.29, 1.82) is 0 Å². The summed E-state index contributed by atoms with van der Waals surface area (Å²) in [5.74, 6) is -2.65. The molecule has 9 heteroatoms. The van der Waals surface area contributed by atoms with E-state index in [1.807, 2.05) is 10.8 Å². The van der Waals surface area contributed by atoms with Gasteiger partial charge in [-0.05, 0) is 42.3 Å². The summed E-state index contributed by atoms with van der Waals surface area (Å²) in [6, 6.07) is 6.42. The number of ketones is 1. The summed E-state index contributed by atoms with van der Waals surface area (Å²) in [6.45, 7) is 0.888. The van der Waals surface area contributed by atoms with Gasteiger partial charge in [0.15, 0.2) is 11.6 Å². The third-order valence-corrected chi connectivity index (χ3v) is 5.36. The van der Waals surface area contributed by atoms with Crippen LogP contribution in [0.15, 0.2) is 67.0 Å². The van der Waals surface area contributed by atoms with Crippen molar-refractivity contribution in [3.8, 4) is 5.75 Å². The zero-order valence-electron chi connectivity index (χ0n) is 17.3. The number of rotatable bonds is 7. The number of aromatic nitrogens is 3. The number of benzene rings is 1. The van der Waals surface area contributed by atoms with Crippen molar-refractivity contribution < 1.29 is 23.8 Å². The highest BCUT2D eigenvalue weighted by Gasteiger charge is 2.45. The number of ether oxygens (including phenoxy) is 1. The van der Waals surface area contributed by atoms with Gasteiger partial charge in [0.05, 0.1) is 25.1 Å². The van der Waals surface area contributed by atoms with Crippen LogP contribution in [0.4, 0.5) is 4.39 Å². The second kappa shape index (κ2) is 9.01. The van der Waals surface area contributed by atoms with E-state index < -0.39 is 29.3 Å². The molecule has 1 aliphatic heterocycles. The number of hydrogen-bond donors (Lipinski definition) is 1. The Labute approximate surface area is 183 Å². The van der Waals surface area contributed by atoms with Crippen LogP contribution >= 0.6 is 0 Å². The predicted molar refractivity (Wildman–Crippen MR) is 113 cm³/mol. The molecule has 32 heavy (non-hydrogen) atoms. The fourth-order valence-corrected chi connectivity index (χ4v) is 3.81. The first-order valence-electron chi connectivity index (χ1n) is 9.99. The molecule has 3 heterocycles. The molecule has 2 aromatic heterocycles. The number of hydrogen-bond acceptors (Lipinski definition) is 6. The number of likely N-dealkylation sites (tertiary alicyclic amines) is 1. The largest absolute Gasteiger partial charge is 0.507 e. The number of aryl methyl sites for hydroxylation is 1. The number of nitrogens with zero attached hydrogens (tertiary/aromatic N) is 4. The van der Waals surface area contributed by atoms with Crippen molar-refractivity contribution in [2.75, 3.05) is 13.7 Å². The molecule has 1 unspecified atom stereocenters. The van der Waals surface area contributed by atoms with Crippen LogP contribution in [0.2, 0.25) is 0 Å². The minimum Gasteiger partial charge on any atom is -0.507 e. The van der Waals surface area contributed by atoms with Gasteiger partial charge < -0.3 is 19.3 Å². The Morgan fingerprint density at radius 2 is 1.91 bits per heavy atom. The fraction of sp³-hybridized carbons (Fsp3) is 0.217. The third-order valence-electron chi connectivity index (χ3n) is 5.36. The Morgan fingerprint density at radius 3 is 2.56 bits per heavy atom. The average molecular weight is 436 g/mol. The number of halogens is 1. The summed E-state index contributed by atoms with van der Waals surface area (Å²) < 4.78 is 21.0. The van der Waals surface area contributed by atoms with E-state index in [1.165, 1.54) is 24.1 Å². The minimum atomic E-state index is -0.817. The Bertz CT molecular complexity index is 1160. The van der Waals surface area contributed by atoms with E-state index in [-0.39, 0.29) is 23.4 Å². The molecular weight excluding hydrogens is 415 g/mol. The van der Waals surface area contributed by atoms with Gasteiger partial charge in [-0.1, -0.05) is 0 Å². The number of pyridine rings is 1. The molecule has 1 aromatic carbocycles. The summed E-state index contributed by atoms with van der Waals surface area (Å²) in [5, 5.41) is 11.0. The molecule has 1 N–H and O–H groups in total. The number of aliphatic hydroxyl groups excluding tert-OH is 1. The van der Waals surface area contributed by atoms with Crippen molar-refractivity contribution in [2.45, 2.75) is 19.0 Å². The molecule has 1 atom stereocenters. The molecule has 3 aromatic rings. The van der Waals surface area contributed by atoms with Gasteiger partial charge in [-0.25, -0.2) is 9.37 Å². The van der Waals surface area contributed by atoms with Crippen LogP contribution in [0.3, 0.4) is 0 Å². The topological polar surface area (TPSA) is 97.6 Å². The van der Waals surface area contributed by atoms with Crippen molar-refractivity contribution >= 4 is 17.4 Å². The summed E-state index contributed by atoms with van der Waals surface area (Å²) in [4.78, 5) is 35.3. The lowest BCUT2D eigenvalue weighted by Crippen LogP contribution is -2.31. The number of carbonyl (C=O) groups is 2. The normalized spacial score (nSPS) is 17.7. The smallest absolute Gasteiger partial charge is 0.295 e. The van der Waals surface area contributed by atoms with Crippen molar-refractivity contribution in [3.63, 3.8) is 0 Å². The summed E-state index contributed by atoms with van der Waals surface area (Å²) in [6.07, 6.45) is 8.82. The van der Waals surface area contributed by atoms with Crippen LogP contribution in [0, 0.1) is 5.82 Å². The van der Waals surface area contributed by atoms with Crippen LogP contribution in [0.5, 0.6) is 5.75 Å². The second-order valence-electron chi connectivity index (χ2n) is 7.28. The van der Waals surface area contributed by atoms with Crippen molar-refractivity contribution in [2.24, 2.45) is 0 Å². The van der Waals surface area contributed by atoms with Gasteiger partial charge in [0, 0.05) is 43.4 Å². The van der Waals surface area contributed by atoms with Crippen LogP contribution in [0.1, 0.15) is 23.6 Å². The summed E-state index contributed by atoms with van der Waals surface area (Å²) in [5.41, 5.74) is 0.615. The molecule has 1 aliphatic rings. The number of aliphatic hydroxyl groups is 1. The molecule has 0 aliphatic carbocycles. The van der Waals surface area contributed by atoms with Gasteiger partial charge in [-0.15, -0.1) is 0 Å². The minimum absolute atomic E-state index is 0.00665. The third kappa shape index (κ3) is 3.96. The number of carbonyl (C=O) groups excluding carboxylic acids is 2. The molecule has 0 bridgehead atoms. The van der Waals surface area contributed by atoms with Crippen LogP contribution in [-0.4, -0.2) is 49.9 Å². The molecule has 1 fully saturated rings. The first-order chi connectivity index (χ1) is 15.5. The van der Waals surface area contributed by atoms with E-state index in [9.17, 15) is 19.1 Å². The molecule has 1 amide bonds. The second-order valence-corrected chi connectivity index (χ2v) is 7.28. The highest BCUT2D eigenvalue weighted by molar-refractivity contribution is 6.46. The molecule has 8 nitrogen and oxygen atoms in total. The highest BCUT2D eigenvalue weighted by Crippen LogP contribution is 2.39. The lowest BCUT2D eigenvalue weighted by Gasteiger charge is -2.25. The maximum atomic E-state index is 14.2. The first kappa shape index (κ1) is 21.2. The molecule has 164 valence electrons. The number of methoxy groups -OCH3 is 1. The van der Waals surface area contributed by atoms with E-state index in [0.717, 1.165) is 6.07 Å². The SMILES string of the molecule is COc1ccc(/C(O)=C2/C(=O)C(=O)N(CCCn3ccnc3)C2c2ccncc2)cc1F. The first-order valence-corrected chi connectivity index (χ1v) is 9.99. The summed E-state index contributed by atoms with van der Waals surface area (Å²) >= 11 is 0. The Morgan fingerprint density at radius 1 is 1.12 bits per heavy atom. The molecule has 4 rings (SSSR count). The quantitative estimate of drug-likeness (QED) is 0.348. The number of imidazole rings is 1. The summed E-state index contributed by atoms with van der Waals surface area (Å²) in [7, 11) is 1.33. The van der Waals surface area contributed by atoms with E-state index in [4.69, 9.17) is 4.74 Å².